The lowest BCUT2D eigenvalue weighted by Gasteiger charge is -2.33. The minimum absolute atomic E-state index is 0.126. The average Bonchev–Trinajstić information content (AvgIpc) is 3.44. The van der Waals surface area contributed by atoms with Gasteiger partial charge in [-0.05, 0) is 93.1 Å². The van der Waals surface area contributed by atoms with Gasteiger partial charge in [-0.3, -0.25) is 15.0 Å². The summed E-state index contributed by atoms with van der Waals surface area (Å²) < 4.78 is 81.8. The van der Waals surface area contributed by atoms with Crippen LogP contribution in [0.1, 0.15) is 66.7 Å². The van der Waals surface area contributed by atoms with Gasteiger partial charge in [0.15, 0.2) is 17.3 Å². The maximum atomic E-state index is 15.4. The molecule has 1 saturated heterocycles. The van der Waals surface area contributed by atoms with Crippen LogP contribution in [-0.4, -0.2) is 38.2 Å². The third-order valence-electron chi connectivity index (χ3n) is 9.19. The molecule has 3 aliphatic rings. The Morgan fingerprint density at radius 1 is 1.09 bits per heavy atom. The Bertz CT molecular complexity index is 1900. The van der Waals surface area contributed by atoms with E-state index in [-0.39, 0.29) is 28.1 Å². The van der Waals surface area contributed by atoms with Crippen molar-refractivity contribution in [3.8, 4) is 29.0 Å². The summed E-state index contributed by atoms with van der Waals surface area (Å²) in [5.41, 5.74) is 1.80. The molecule has 2 fully saturated rings. The molecule has 0 unspecified atom stereocenters. The van der Waals surface area contributed by atoms with Crippen LogP contribution in [-0.2, 0) is 24.9 Å². The highest BCUT2D eigenvalue weighted by Gasteiger charge is 2.45. The number of aromatic amines is 1. The molecule has 2 aromatic heterocycles. The van der Waals surface area contributed by atoms with Crippen LogP contribution in [0.5, 0.6) is 11.5 Å². The molecule has 1 atom stereocenters. The zero-order valence-corrected chi connectivity index (χ0v) is 25.9. The van der Waals surface area contributed by atoms with Gasteiger partial charge < -0.3 is 9.47 Å². The summed E-state index contributed by atoms with van der Waals surface area (Å²) >= 11 is 5.93. The van der Waals surface area contributed by atoms with Crippen molar-refractivity contribution in [2.75, 3.05) is 13.1 Å². The second-order valence-electron chi connectivity index (χ2n) is 12.5. The first-order chi connectivity index (χ1) is 22.4. The summed E-state index contributed by atoms with van der Waals surface area (Å²) in [5.74, 6) is -3.47. The normalized spacial score (nSPS) is 20.7. The second-order valence-corrected chi connectivity index (χ2v) is 13.0. The van der Waals surface area contributed by atoms with Gasteiger partial charge in [0.05, 0.1) is 22.7 Å². The molecule has 1 N–H and O–H groups in total. The number of rotatable bonds is 7. The Balaban J connectivity index is 1.08. The van der Waals surface area contributed by atoms with Crippen molar-refractivity contribution >= 4 is 11.6 Å². The number of hydrogen-bond donors (Lipinski definition) is 1. The molecule has 8 nitrogen and oxygen atoms in total. The smallest absolute Gasteiger partial charge is 0.444 e. The van der Waals surface area contributed by atoms with E-state index in [4.69, 9.17) is 21.1 Å². The molecule has 0 radical (unpaired) electrons. The standard InChI is InChI=1S/C33H28ClF5N6O2/c1-31(22-3-2-21(34)13-24(22)36)46-26-5-4-23(35)27(28(26)47-31)18-6-10-45(11-7-18)16-25-19(14-32(17-40)8-9-32)12-20(15-41-25)29-42-30(44-43-29)33(37,38)39/h2-5,12-13,15,18H,6-11,14,16H2,1H3,(H,42,43,44)/t31-/m0/s1. The summed E-state index contributed by atoms with van der Waals surface area (Å²) in [6, 6.07) is 11.1. The molecule has 0 bridgehead atoms. The highest BCUT2D eigenvalue weighted by molar-refractivity contribution is 6.30. The molecule has 4 aromatic rings. The number of pyridine rings is 1. The number of nitrogens with zero attached hydrogens (tertiary/aromatic N) is 5. The molecule has 4 heterocycles. The van der Waals surface area contributed by atoms with Gasteiger partial charge in [-0.15, -0.1) is 0 Å². The predicted molar refractivity (Wildman–Crippen MR) is 159 cm³/mol. The number of aromatic nitrogens is 4. The van der Waals surface area contributed by atoms with Crippen molar-refractivity contribution in [3.63, 3.8) is 0 Å². The van der Waals surface area contributed by atoms with Crippen LogP contribution in [0.3, 0.4) is 0 Å². The Morgan fingerprint density at radius 3 is 2.51 bits per heavy atom. The van der Waals surface area contributed by atoms with Crippen LogP contribution in [0.15, 0.2) is 42.6 Å². The largest absolute Gasteiger partial charge is 0.451 e. The van der Waals surface area contributed by atoms with Crippen LogP contribution in [0.25, 0.3) is 11.4 Å². The molecule has 47 heavy (non-hydrogen) atoms. The summed E-state index contributed by atoms with van der Waals surface area (Å²) in [5, 5.41) is 15.6. The minimum atomic E-state index is -4.66. The van der Waals surface area contributed by atoms with Crippen molar-refractivity contribution in [1.29, 1.82) is 5.26 Å². The average molecular weight is 671 g/mol. The number of nitriles is 1. The van der Waals surface area contributed by atoms with Crippen molar-refractivity contribution < 1.29 is 31.4 Å². The van der Waals surface area contributed by atoms with E-state index in [2.05, 4.69) is 26.0 Å². The van der Waals surface area contributed by atoms with Gasteiger partial charge >= 0.3 is 6.18 Å². The highest BCUT2D eigenvalue weighted by atomic mass is 35.5. The third-order valence-corrected chi connectivity index (χ3v) is 9.42. The molecule has 14 heteroatoms. The molecular formula is C33H28ClF5N6O2. The summed E-state index contributed by atoms with van der Waals surface area (Å²) in [6.07, 6.45) is -0.145. The van der Waals surface area contributed by atoms with Crippen molar-refractivity contribution in [3.05, 3.63) is 87.5 Å². The van der Waals surface area contributed by atoms with Gasteiger partial charge in [-0.25, -0.2) is 13.8 Å². The van der Waals surface area contributed by atoms with Gasteiger partial charge in [0.1, 0.15) is 11.6 Å². The zero-order valence-electron chi connectivity index (χ0n) is 25.1. The molecule has 244 valence electrons. The van der Waals surface area contributed by atoms with E-state index in [1.54, 1.807) is 13.0 Å². The first kappa shape index (κ1) is 31.3. The van der Waals surface area contributed by atoms with Gasteiger partial charge in [0.2, 0.25) is 5.82 Å². The molecule has 7 rings (SSSR count). The fourth-order valence-electron chi connectivity index (χ4n) is 6.42. The molecule has 2 aliphatic heterocycles. The fraction of sp³-hybridized carbons (Fsp3) is 0.394. The van der Waals surface area contributed by atoms with Crippen LogP contribution in [0.4, 0.5) is 22.0 Å². The Morgan fingerprint density at radius 2 is 1.85 bits per heavy atom. The van der Waals surface area contributed by atoms with Gasteiger partial charge in [-0.1, -0.05) is 11.6 Å². The topological polar surface area (TPSA) is 100.0 Å². The number of hydrogen-bond acceptors (Lipinski definition) is 7. The van der Waals surface area contributed by atoms with Crippen molar-refractivity contribution in [2.45, 2.75) is 63.5 Å². The number of halogens is 6. The number of ether oxygens (including phenoxy) is 2. The van der Waals surface area contributed by atoms with Crippen LogP contribution < -0.4 is 9.47 Å². The first-order valence-corrected chi connectivity index (χ1v) is 15.5. The third kappa shape index (κ3) is 6.00. The number of benzene rings is 2. The molecule has 0 spiro atoms. The van der Waals surface area contributed by atoms with Gasteiger partial charge in [0.25, 0.3) is 5.79 Å². The van der Waals surface area contributed by atoms with E-state index in [0.717, 1.165) is 18.4 Å². The maximum Gasteiger partial charge on any atom is 0.451 e. The number of likely N-dealkylation sites (tertiary alicyclic amines) is 1. The van der Waals surface area contributed by atoms with Crippen LogP contribution >= 0.6 is 11.6 Å². The van der Waals surface area contributed by atoms with Gasteiger partial charge in [-0.2, -0.15) is 23.5 Å². The molecule has 2 aromatic carbocycles. The summed E-state index contributed by atoms with van der Waals surface area (Å²) in [6.45, 7) is 3.21. The minimum Gasteiger partial charge on any atom is -0.444 e. The number of H-pyrrole nitrogens is 1. The number of piperidine rings is 1. The fourth-order valence-corrected chi connectivity index (χ4v) is 6.58. The van der Waals surface area contributed by atoms with Crippen LogP contribution in [0, 0.1) is 28.4 Å². The van der Waals surface area contributed by atoms with E-state index in [1.165, 1.54) is 36.5 Å². The Labute approximate surface area is 271 Å². The number of alkyl halides is 3. The zero-order chi connectivity index (χ0) is 33.1. The first-order valence-electron chi connectivity index (χ1n) is 15.1. The lowest BCUT2D eigenvalue weighted by atomic mass is 9.88. The Kier molecular flexibility index (Phi) is 7.63. The Hall–Kier alpha value is -4.28. The van der Waals surface area contributed by atoms with E-state index in [1.807, 2.05) is 5.10 Å². The lowest BCUT2D eigenvalue weighted by molar-refractivity contribution is -0.144. The SMILES string of the molecule is C[C@]1(c2ccc(Cl)cc2F)Oc2ccc(F)c(C3CCN(Cc4ncc(-c5n[nH]c(C(F)(F)F)n5)cc4CC4(C#N)CC4)CC3)c2O1. The predicted octanol–water partition coefficient (Wildman–Crippen LogP) is 7.69. The molecule has 0 amide bonds. The lowest BCUT2D eigenvalue weighted by Crippen LogP contribution is -2.34. The molecule has 1 saturated carbocycles. The van der Waals surface area contributed by atoms with E-state index in [0.29, 0.717) is 61.5 Å². The molecular weight excluding hydrogens is 643 g/mol. The van der Waals surface area contributed by atoms with E-state index < -0.39 is 34.8 Å². The number of fused-ring (bicyclic) bond motifs is 1. The number of nitrogens with one attached hydrogen (secondary N) is 1. The van der Waals surface area contributed by atoms with Gasteiger partial charge in [0, 0.05) is 35.8 Å². The maximum absolute atomic E-state index is 15.4. The van der Waals surface area contributed by atoms with Crippen molar-refractivity contribution in [2.24, 2.45) is 5.41 Å². The van der Waals surface area contributed by atoms with Crippen molar-refractivity contribution in [1.82, 2.24) is 25.1 Å². The van der Waals surface area contributed by atoms with E-state index >= 15 is 4.39 Å². The quantitative estimate of drug-likeness (QED) is 0.201. The highest BCUT2D eigenvalue weighted by Crippen LogP contribution is 2.51. The summed E-state index contributed by atoms with van der Waals surface area (Å²) in [4.78, 5) is 10.4. The summed E-state index contributed by atoms with van der Waals surface area (Å²) in [7, 11) is 0. The monoisotopic (exact) mass is 670 g/mol. The molecule has 1 aliphatic carbocycles. The van der Waals surface area contributed by atoms with E-state index in [9.17, 15) is 22.8 Å². The second kappa shape index (κ2) is 11.5. The van der Waals surface area contributed by atoms with Crippen LogP contribution in [0.2, 0.25) is 5.02 Å².